The van der Waals surface area contributed by atoms with Crippen molar-refractivity contribution in [3.05, 3.63) is 65.5 Å². The number of hydrogen-bond acceptors (Lipinski definition) is 7. The monoisotopic (exact) mass is 421 g/mol. The lowest BCUT2D eigenvalue weighted by Crippen LogP contribution is -2.11. The van der Waals surface area contributed by atoms with E-state index in [9.17, 15) is 9.90 Å². The molecular weight excluding hydrogens is 402 g/mol. The van der Waals surface area contributed by atoms with Crippen molar-refractivity contribution in [2.45, 2.75) is 17.6 Å². The minimum Gasteiger partial charge on any atom is -0.506 e. The third-order valence-corrected chi connectivity index (χ3v) is 5.68. The number of nitrogens with two attached hydrogens (primary N) is 1. The Balaban J connectivity index is 1.63. The lowest BCUT2D eigenvalue weighted by atomic mass is 10.0. The van der Waals surface area contributed by atoms with Crippen LogP contribution in [0.25, 0.3) is 10.8 Å². The number of fused-ring (bicyclic) bond motifs is 1. The second kappa shape index (κ2) is 8.03. The third kappa shape index (κ3) is 3.79. The molecule has 0 unspecified atom stereocenters. The molecule has 0 saturated carbocycles. The van der Waals surface area contributed by atoms with Gasteiger partial charge in [0.25, 0.3) is 5.91 Å². The van der Waals surface area contributed by atoms with Gasteiger partial charge in [-0.15, -0.1) is 16.9 Å². The van der Waals surface area contributed by atoms with Crippen LogP contribution >= 0.6 is 11.8 Å². The highest BCUT2D eigenvalue weighted by Crippen LogP contribution is 2.39. The summed E-state index contributed by atoms with van der Waals surface area (Å²) in [6, 6.07) is 14.5. The minimum atomic E-state index is -0.718. The van der Waals surface area contributed by atoms with Crippen LogP contribution in [0.4, 0.5) is 0 Å². The number of rotatable bonds is 6. The van der Waals surface area contributed by atoms with Crippen molar-refractivity contribution in [3.8, 4) is 17.2 Å². The van der Waals surface area contributed by atoms with Gasteiger partial charge < -0.3 is 15.6 Å². The summed E-state index contributed by atoms with van der Waals surface area (Å²) in [5.74, 6) is 1.66. The highest BCUT2D eigenvalue weighted by atomic mass is 32.2. The standard InChI is InChI=1S/C21H19N5O3S/c1-12-9-13(30-11-19-23-24-25-26(19)2)7-8-17(12)29-18-10-16(21(22)28)20(27)15-6-4-3-5-14(15)18/h3-10,27H,11H2,1-2H3,(H2,22,28). The van der Waals surface area contributed by atoms with Gasteiger partial charge in [0.2, 0.25) is 0 Å². The highest BCUT2D eigenvalue weighted by molar-refractivity contribution is 7.98. The van der Waals surface area contributed by atoms with Crippen molar-refractivity contribution in [1.82, 2.24) is 20.2 Å². The van der Waals surface area contributed by atoms with Crippen LogP contribution in [0.5, 0.6) is 17.2 Å². The van der Waals surface area contributed by atoms with Crippen molar-refractivity contribution in [1.29, 1.82) is 0 Å². The lowest BCUT2D eigenvalue weighted by Gasteiger charge is -2.14. The summed E-state index contributed by atoms with van der Waals surface area (Å²) in [4.78, 5) is 12.8. The van der Waals surface area contributed by atoms with Crippen molar-refractivity contribution in [2.24, 2.45) is 12.8 Å². The van der Waals surface area contributed by atoms with Crippen LogP contribution in [0, 0.1) is 6.92 Å². The maximum atomic E-state index is 11.8. The molecule has 0 spiro atoms. The predicted octanol–water partition coefficient (Wildman–Crippen LogP) is 3.56. The van der Waals surface area contributed by atoms with Gasteiger partial charge in [-0.05, 0) is 47.2 Å². The number of hydrogen-bond donors (Lipinski definition) is 2. The molecule has 0 aliphatic carbocycles. The van der Waals surface area contributed by atoms with Gasteiger partial charge >= 0.3 is 0 Å². The quantitative estimate of drug-likeness (QED) is 0.457. The second-order valence-electron chi connectivity index (χ2n) is 6.72. The largest absolute Gasteiger partial charge is 0.506 e. The molecule has 0 bridgehead atoms. The van der Waals surface area contributed by atoms with E-state index in [2.05, 4.69) is 15.5 Å². The number of nitrogens with zero attached hydrogens (tertiary/aromatic N) is 4. The molecule has 0 aliphatic rings. The Kier molecular flexibility index (Phi) is 5.28. The van der Waals surface area contributed by atoms with Crippen molar-refractivity contribution >= 4 is 28.4 Å². The van der Waals surface area contributed by atoms with Crippen molar-refractivity contribution in [3.63, 3.8) is 0 Å². The molecule has 0 saturated heterocycles. The number of aromatic nitrogens is 4. The third-order valence-electron chi connectivity index (χ3n) is 4.69. The van der Waals surface area contributed by atoms with Crippen LogP contribution in [-0.4, -0.2) is 31.2 Å². The van der Waals surface area contributed by atoms with Crippen LogP contribution in [0.2, 0.25) is 0 Å². The Labute approximate surface area is 176 Å². The summed E-state index contributed by atoms with van der Waals surface area (Å²) in [6.45, 7) is 1.95. The fraction of sp³-hybridized carbons (Fsp3) is 0.143. The predicted molar refractivity (Wildman–Crippen MR) is 114 cm³/mol. The molecule has 1 amide bonds. The first kappa shape index (κ1) is 19.7. The molecule has 0 radical (unpaired) electrons. The molecule has 1 aromatic heterocycles. The number of amides is 1. The molecule has 0 aliphatic heterocycles. The average molecular weight is 421 g/mol. The Morgan fingerprint density at radius 2 is 1.93 bits per heavy atom. The van der Waals surface area contributed by atoms with E-state index in [0.717, 1.165) is 16.3 Å². The van der Waals surface area contributed by atoms with Gasteiger partial charge in [-0.1, -0.05) is 24.3 Å². The molecular formula is C21H19N5O3S. The maximum Gasteiger partial charge on any atom is 0.252 e. The zero-order valence-corrected chi connectivity index (χ0v) is 17.2. The number of tetrazole rings is 1. The fourth-order valence-corrected chi connectivity index (χ4v) is 4.03. The Hall–Kier alpha value is -3.59. The van der Waals surface area contributed by atoms with Crippen molar-refractivity contribution < 1.29 is 14.6 Å². The zero-order valence-electron chi connectivity index (χ0n) is 16.4. The normalized spacial score (nSPS) is 11.0. The van der Waals surface area contributed by atoms with Gasteiger partial charge in [-0.2, -0.15) is 0 Å². The summed E-state index contributed by atoms with van der Waals surface area (Å²) in [6.07, 6.45) is 0. The Morgan fingerprint density at radius 3 is 2.60 bits per heavy atom. The van der Waals surface area contributed by atoms with Crippen LogP contribution in [0.15, 0.2) is 53.4 Å². The number of thioether (sulfide) groups is 1. The summed E-state index contributed by atoms with van der Waals surface area (Å²) < 4.78 is 7.77. The van der Waals surface area contributed by atoms with E-state index in [1.807, 2.05) is 37.3 Å². The van der Waals surface area contributed by atoms with E-state index in [4.69, 9.17) is 10.5 Å². The number of carbonyl (C=O) groups excluding carboxylic acids is 1. The first-order valence-electron chi connectivity index (χ1n) is 9.11. The molecule has 9 heteroatoms. The molecule has 1 heterocycles. The van der Waals surface area contributed by atoms with Gasteiger partial charge in [-0.25, -0.2) is 4.68 Å². The van der Waals surface area contributed by atoms with Gasteiger partial charge in [0.05, 0.1) is 11.3 Å². The van der Waals surface area contributed by atoms with E-state index >= 15 is 0 Å². The van der Waals surface area contributed by atoms with Gasteiger partial charge in [0.15, 0.2) is 5.82 Å². The van der Waals surface area contributed by atoms with E-state index < -0.39 is 5.91 Å². The Morgan fingerprint density at radius 1 is 1.17 bits per heavy atom. The molecule has 4 rings (SSSR count). The summed E-state index contributed by atoms with van der Waals surface area (Å²) in [5.41, 5.74) is 6.37. The van der Waals surface area contributed by atoms with E-state index in [-0.39, 0.29) is 11.3 Å². The average Bonchev–Trinajstić information content (AvgIpc) is 3.14. The minimum absolute atomic E-state index is 0.0193. The molecule has 3 aromatic carbocycles. The number of carbonyl (C=O) groups is 1. The molecule has 0 fully saturated rings. The number of phenols is 1. The summed E-state index contributed by atoms with van der Waals surface area (Å²) in [7, 11) is 1.81. The second-order valence-corrected chi connectivity index (χ2v) is 7.77. The molecule has 30 heavy (non-hydrogen) atoms. The van der Waals surface area contributed by atoms with E-state index in [1.165, 1.54) is 6.07 Å². The maximum absolute atomic E-state index is 11.8. The van der Waals surface area contributed by atoms with Crippen LogP contribution in [0.1, 0.15) is 21.7 Å². The number of ether oxygens (including phenoxy) is 1. The van der Waals surface area contributed by atoms with Crippen LogP contribution in [-0.2, 0) is 12.8 Å². The molecule has 4 aromatic rings. The summed E-state index contributed by atoms with van der Waals surface area (Å²) in [5, 5.41) is 23.0. The number of benzene rings is 3. The molecule has 152 valence electrons. The molecule has 8 nitrogen and oxygen atoms in total. The number of primary amides is 1. The molecule has 3 N–H and O–H groups in total. The van der Waals surface area contributed by atoms with Gasteiger partial charge in [-0.3, -0.25) is 4.79 Å². The SMILES string of the molecule is Cc1cc(SCc2nnnn2C)ccc1Oc1cc(C(N)=O)c(O)c2ccccc12. The van der Waals surface area contributed by atoms with E-state index in [1.54, 1.807) is 35.6 Å². The topological polar surface area (TPSA) is 116 Å². The Bertz CT molecular complexity index is 1250. The zero-order chi connectivity index (χ0) is 21.3. The highest BCUT2D eigenvalue weighted by Gasteiger charge is 2.17. The smallest absolute Gasteiger partial charge is 0.252 e. The fourth-order valence-electron chi connectivity index (χ4n) is 3.06. The molecule has 0 atom stereocenters. The first-order valence-corrected chi connectivity index (χ1v) is 10.1. The lowest BCUT2D eigenvalue weighted by molar-refractivity contribution is 0.0997. The van der Waals surface area contributed by atoms with Gasteiger partial charge in [0.1, 0.15) is 17.2 Å². The summed E-state index contributed by atoms with van der Waals surface area (Å²) >= 11 is 1.62. The first-order chi connectivity index (χ1) is 14.4. The van der Waals surface area contributed by atoms with Crippen LogP contribution in [0.3, 0.4) is 0 Å². The number of aryl methyl sites for hydroxylation is 2. The van der Waals surface area contributed by atoms with E-state index in [0.29, 0.717) is 28.0 Å². The number of aromatic hydroxyl groups is 1. The van der Waals surface area contributed by atoms with Crippen LogP contribution < -0.4 is 10.5 Å². The van der Waals surface area contributed by atoms with Gasteiger partial charge in [0, 0.05) is 22.7 Å². The van der Waals surface area contributed by atoms with Crippen molar-refractivity contribution in [2.75, 3.05) is 0 Å².